The van der Waals surface area contributed by atoms with Gasteiger partial charge in [-0.15, -0.1) is 0 Å². The second kappa shape index (κ2) is 4.19. The van der Waals surface area contributed by atoms with Gasteiger partial charge >= 0.3 is 0 Å². The van der Waals surface area contributed by atoms with Crippen molar-refractivity contribution in [2.75, 3.05) is 0 Å². The van der Waals surface area contributed by atoms with Crippen LogP contribution in [0.1, 0.15) is 38.4 Å². The van der Waals surface area contributed by atoms with Crippen molar-refractivity contribution in [3.05, 3.63) is 36.1 Å². The lowest BCUT2D eigenvalue weighted by Gasteiger charge is -2.42. The van der Waals surface area contributed by atoms with Crippen LogP contribution < -0.4 is 5.32 Å². The fourth-order valence-electron chi connectivity index (χ4n) is 2.66. The highest BCUT2D eigenvalue weighted by atomic mass is 16.3. The van der Waals surface area contributed by atoms with Crippen LogP contribution in [0.5, 0.6) is 0 Å². The van der Waals surface area contributed by atoms with Gasteiger partial charge in [0.15, 0.2) is 0 Å². The summed E-state index contributed by atoms with van der Waals surface area (Å²) in [6, 6.07) is 10.3. The van der Waals surface area contributed by atoms with Crippen molar-refractivity contribution >= 4 is 11.0 Å². The molecule has 0 spiro atoms. The molecule has 2 heteroatoms. The SMILES string of the molecule is CCC1(NCc2cc3ccccc3o2)CCC1. The molecular weight excluding hydrogens is 210 g/mol. The summed E-state index contributed by atoms with van der Waals surface area (Å²) in [5.41, 5.74) is 1.38. The molecule has 17 heavy (non-hydrogen) atoms. The van der Waals surface area contributed by atoms with Crippen LogP contribution in [-0.4, -0.2) is 5.54 Å². The number of hydrogen-bond acceptors (Lipinski definition) is 2. The summed E-state index contributed by atoms with van der Waals surface area (Å²) < 4.78 is 5.81. The fourth-order valence-corrected chi connectivity index (χ4v) is 2.66. The summed E-state index contributed by atoms with van der Waals surface area (Å²) in [7, 11) is 0. The Bertz CT molecular complexity index is 472. The van der Waals surface area contributed by atoms with E-state index in [1.165, 1.54) is 31.1 Å². The summed E-state index contributed by atoms with van der Waals surface area (Å²) in [6.45, 7) is 3.12. The van der Waals surface area contributed by atoms with Crippen LogP contribution in [0.25, 0.3) is 11.0 Å². The monoisotopic (exact) mass is 229 g/mol. The number of hydrogen-bond donors (Lipinski definition) is 1. The fraction of sp³-hybridized carbons (Fsp3) is 0.467. The third-order valence-electron chi connectivity index (χ3n) is 4.10. The van der Waals surface area contributed by atoms with Crippen LogP contribution in [-0.2, 0) is 6.54 Å². The maximum Gasteiger partial charge on any atom is 0.134 e. The Morgan fingerprint density at radius 3 is 2.76 bits per heavy atom. The van der Waals surface area contributed by atoms with E-state index in [2.05, 4.69) is 30.4 Å². The van der Waals surface area contributed by atoms with E-state index in [-0.39, 0.29) is 0 Å². The number of benzene rings is 1. The first kappa shape index (κ1) is 10.8. The molecule has 0 unspecified atom stereocenters. The average molecular weight is 229 g/mol. The second-order valence-electron chi connectivity index (χ2n) is 5.09. The van der Waals surface area contributed by atoms with Gasteiger partial charge in [0, 0.05) is 10.9 Å². The first-order valence-electron chi connectivity index (χ1n) is 6.54. The van der Waals surface area contributed by atoms with Crippen molar-refractivity contribution in [3.8, 4) is 0 Å². The van der Waals surface area contributed by atoms with Crippen molar-refractivity contribution in [2.24, 2.45) is 0 Å². The molecule has 1 aromatic heterocycles. The Labute approximate surface area is 102 Å². The van der Waals surface area contributed by atoms with Gasteiger partial charge in [-0.05, 0) is 37.8 Å². The summed E-state index contributed by atoms with van der Waals surface area (Å²) in [5.74, 6) is 1.05. The Morgan fingerprint density at radius 1 is 1.29 bits per heavy atom. The van der Waals surface area contributed by atoms with E-state index in [4.69, 9.17) is 4.42 Å². The quantitative estimate of drug-likeness (QED) is 0.861. The van der Waals surface area contributed by atoms with Gasteiger partial charge < -0.3 is 9.73 Å². The van der Waals surface area contributed by atoms with Crippen LogP contribution in [0, 0.1) is 0 Å². The minimum absolute atomic E-state index is 0.388. The van der Waals surface area contributed by atoms with Crippen molar-refractivity contribution < 1.29 is 4.42 Å². The maximum absolute atomic E-state index is 5.81. The first-order valence-corrected chi connectivity index (χ1v) is 6.54. The molecule has 1 saturated carbocycles. The van der Waals surface area contributed by atoms with E-state index < -0.39 is 0 Å². The molecule has 90 valence electrons. The van der Waals surface area contributed by atoms with E-state index in [0.29, 0.717) is 5.54 Å². The van der Waals surface area contributed by atoms with Gasteiger partial charge in [-0.25, -0.2) is 0 Å². The molecule has 2 nitrogen and oxygen atoms in total. The van der Waals surface area contributed by atoms with E-state index >= 15 is 0 Å². The van der Waals surface area contributed by atoms with E-state index in [1.54, 1.807) is 0 Å². The van der Waals surface area contributed by atoms with Crippen molar-refractivity contribution in [1.82, 2.24) is 5.32 Å². The third kappa shape index (κ3) is 1.98. The van der Waals surface area contributed by atoms with Crippen LogP contribution in [0.15, 0.2) is 34.7 Å². The number of para-hydroxylation sites is 1. The normalized spacial score (nSPS) is 18.2. The van der Waals surface area contributed by atoms with Gasteiger partial charge in [0.2, 0.25) is 0 Å². The third-order valence-corrected chi connectivity index (χ3v) is 4.10. The van der Waals surface area contributed by atoms with Gasteiger partial charge in [-0.1, -0.05) is 25.1 Å². The lowest BCUT2D eigenvalue weighted by molar-refractivity contribution is 0.171. The summed E-state index contributed by atoms with van der Waals surface area (Å²) >= 11 is 0. The van der Waals surface area contributed by atoms with Gasteiger partial charge in [0.05, 0.1) is 6.54 Å². The van der Waals surface area contributed by atoms with E-state index in [9.17, 15) is 0 Å². The molecule has 1 aromatic carbocycles. The largest absolute Gasteiger partial charge is 0.460 e. The number of fused-ring (bicyclic) bond motifs is 1. The molecule has 1 aliphatic rings. The Hall–Kier alpha value is -1.28. The molecule has 2 aromatic rings. The Kier molecular flexibility index (Phi) is 2.67. The average Bonchev–Trinajstić information content (AvgIpc) is 2.71. The minimum Gasteiger partial charge on any atom is -0.460 e. The zero-order valence-corrected chi connectivity index (χ0v) is 10.3. The highest BCUT2D eigenvalue weighted by molar-refractivity contribution is 5.77. The predicted octanol–water partition coefficient (Wildman–Crippen LogP) is 3.86. The topological polar surface area (TPSA) is 25.2 Å². The summed E-state index contributed by atoms with van der Waals surface area (Å²) in [4.78, 5) is 0. The zero-order valence-electron chi connectivity index (χ0n) is 10.3. The first-order chi connectivity index (χ1) is 8.31. The molecular formula is C15H19NO. The van der Waals surface area contributed by atoms with Crippen LogP contribution in [0.2, 0.25) is 0 Å². The van der Waals surface area contributed by atoms with Crippen molar-refractivity contribution in [2.45, 2.75) is 44.7 Å². The van der Waals surface area contributed by atoms with Crippen LogP contribution in [0.3, 0.4) is 0 Å². The Balaban J connectivity index is 1.72. The maximum atomic E-state index is 5.81. The number of nitrogens with one attached hydrogen (secondary N) is 1. The highest BCUT2D eigenvalue weighted by Crippen LogP contribution is 2.35. The van der Waals surface area contributed by atoms with Gasteiger partial charge in [0.1, 0.15) is 11.3 Å². The molecule has 0 aliphatic heterocycles. The lowest BCUT2D eigenvalue weighted by Crippen LogP contribution is -2.49. The smallest absolute Gasteiger partial charge is 0.134 e. The van der Waals surface area contributed by atoms with E-state index in [0.717, 1.165) is 17.9 Å². The summed E-state index contributed by atoms with van der Waals surface area (Å²) in [6.07, 6.45) is 5.20. The molecule has 1 fully saturated rings. The number of furan rings is 1. The number of rotatable bonds is 4. The predicted molar refractivity (Wildman–Crippen MR) is 69.9 cm³/mol. The Morgan fingerprint density at radius 2 is 2.12 bits per heavy atom. The van der Waals surface area contributed by atoms with Crippen LogP contribution >= 0.6 is 0 Å². The molecule has 0 amide bonds. The lowest BCUT2D eigenvalue weighted by atomic mass is 9.75. The standard InChI is InChI=1S/C15H19NO/c1-2-15(8-5-9-15)16-11-13-10-12-6-3-4-7-14(12)17-13/h3-4,6-7,10,16H,2,5,8-9,11H2,1H3. The minimum atomic E-state index is 0.388. The highest BCUT2D eigenvalue weighted by Gasteiger charge is 2.34. The van der Waals surface area contributed by atoms with Gasteiger partial charge in [-0.3, -0.25) is 0 Å². The molecule has 1 heterocycles. The summed E-state index contributed by atoms with van der Waals surface area (Å²) in [5, 5.41) is 4.86. The van der Waals surface area contributed by atoms with Gasteiger partial charge in [0.25, 0.3) is 0 Å². The molecule has 3 rings (SSSR count). The van der Waals surface area contributed by atoms with E-state index in [1.807, 2.05) is 12.1 Å². The molecule has 0 bridgehead atoms. The van der Waals surface area contributed by atoms with Crippen LogP contribution in [0.4, 0.5) is 0 Å². The van der Waals surface area contributed by atoms with Crippen molar-refractivity contribution in [3.63, 3.8) is 0 Å². The molecule has 1 N–H and O–H groups in total. The zero-order chi connectivity index (χ0) is 11.7. The molecule has 0 radical (unpaired) electrons. The molecule has 0 saturated heterocycles. The molecule has 0 atom stereocenters. The molecule has 1 aliphatic carbocycles. The second-order valence-corrected chi connectivity index (χ2v) is 5.09. The van der Waals surface area contributed by atoms with Gasteiger partial charge in [-0.2, -0.15) is 0 Å². The van der Waals surface area contributed by atoms with Crippen molar-refractivity contribution in [1.29, 1.82) is 0 Å².